The van der Waals surface area contributed by atoms with Crippen LogP contribution in [-0.4, -0.2) is 46.7 Å². The van der Waals surface area contributed by atoms with Gasteiger partial charge in [0, 0.05) is 17.8 Å². The average molecular weight is 454 g/mol. The number of rotatable bonds is 8. The van der Waals surface area contributed by atoms with Crippen LogP contribution in [0.1, 0.15) is 13.8 Å². The Morgan fingerprint density at radius 3 is 2.45 bits per heavy atom. The van der Waals surface area contributed by atoms with Crippen molar-refractivity contribution in [2.45, 2.75) is 26.4 Å². The fourth-order valence-electron chi connectivity index (χ4n) is 3.31. The Labute approximate surface area is 190 Å². The highest BCUT2D eigenvalue weighted by Gasteiger charge is 2.25. The van der Waals surface area contributed by atoms with Gasteiger partial charge in [-0.15, -0.1) is 0 Å². The van der Waals surface area contributed by atoms with Crippen LogP contribution in [-0.2, 0) is 16.1 Å². The van der Waals surface area contributed by atoms with E-state index in [1.807, 2.05) is 0 Å². The molecule has 174 valence electrons. The monoisotopic (exact) mass is 454 g/mol. The van der Waals surface area contributed by atoms with Gasteiger partial charge in [-0.2, -0.15) is 0 Å². The lowest BCUT2D eigenvalue weighted by Gasteiger charge is -2.22. The molecule has 0 saturated heterocycles. The fraction of sp³-hybridized carbons (Fsp3) is 0.304. The second-order valence-corrected chi connectivity index (χ2v) is 7.73. The number of aromatic hydroxyl groups is 1. The Morgan fingerprint density at radius 2 is 1.82 bits per heavy atom. The van der Waals surface area contributed by atoms with E-state index in [4.69, 9.17) is 9.47 Å². The van der Waals surface area contributed by atoms with Crippen LogP contribution in [0.3, 0.4) is 0 Å². The number of phenolic OH excluding ortho intramolecular Hbond substituents is 1. The van der Waals surface area contributed by atoms with E-state index in [0.29, 0.717) is 22.7 Å². The molecule has 2 aromatic carbocycles. The minimum atomic E-state index is -0.853. The molecule has 1 heterocycles. The molecule has 2 amide bonds. The molecule has 0 unspecified atom stereocenters. The van der Waals surface area contributed by atoms with E-state index in [1.165, 1.54) is 38.7 Å². The van der Waals surface area contributed by atoms with E-state index < -0.39 is 23.4 Å². The number of nitrogens with one attached hydrogen (secondary N) is 2. The molecule has 10 heteroatoms. The molecular formula is C23H26N4O6. The molecule has 0 aliphatic carbocycles. The largest absolute Gasteiger partial charge is 0.508 e. The van der Waals surface area contributed by atoms with Crippen molar-refractivity contribution in [3.8, 4) is 17.2 Å². The third kappa shape index (κ3) is 5.40. The summed E-state index contributed by atoms with van der Waals surface area (Å²) in [5.41, 5.74) is 0.375. The van der Waals surface area contributed by atoms with Crippen molar-refractivity contribution in [3.05, 3.63) is 53.1 Å². The van der Waals surface area contributed by atoms with Crippen LogP contribution in [0, 0.1) is 5.92 Å². The SMILES string of the molecule is COc1cc2ncn(CC(=O)N[C@H](C(=O)Nc3cccc(O)c3)C(C)C)c(=O)c2cc1OC. The quantitative estimate of drug-likeness (QED) is 0.474. The summed E-state index contributed by atoms with van der Waals surface area (Å²) in [7, 11) is 2.94. The summed E-state index contributed by atoms with van der Waals surface area (Å²) in [5.74, 6) is -0.377. The van der Waals surface area contributed by atoms with Crippen molar-refractivity contribution in [1.29, 1.82) is 0 Å². The Bertz CT molecular complexity index is 1240. The number of aromatic nitrogens is 2. The number of nitrogens with zero attached hydrogens (tertiary/aromatic N) is 2. The number of carbonyl (C=O) groups excluding carboxylic acids is 2. The Morgan fingerprint density at radius 1 is 1.12 bits per heavy atom. The zero-order valence-electron chi connectivity index (χ0n) is 18.8. The molecule has 0 spiro atoms. The predicted octanol–water partition coefficient (Wildman–Crippen LogP) is 1.90. The topological polar surface area (TPSA) is 132 Å². The molecule has 1 atom stereocenters. The van der Waals surface area contributed by atoms with Crippen molar-refractivity contribution in [2.24, 2.45) is 5.92 Å². The van der Waals surface area contributed by atoms with Gasteiger partial charge in [0.1, 0.15) is 18.3 Å². The minimum Gasteiger partial charge on any atom is -0.508 e. The number of amides is 2. The highest BCUT2D eigenvalue weighted by molar-refractivity contribution is 5.97. The number of hydrogen-bond acceptors (Lipinski definition) is 7. The molecule has 3 aromatic rings. The Hall–Kier alpha value is -4.08. The molecule has 0 saturated carbocycles. The second-order valence-electron chi connectivity index (χ2n) is 7.73. The molecule has 0 radical (unpaired) electrons. The fourth-order valence-corrected chi connectivity index (χ4v) is 3.31. The van der Waals surface area contributed by atoms with Crippen LogP contribution in [0.5, 0.6) is 17.2 Å². The first-order valence-electron chi connectivity index (χ1n) is 10.2. The normalized spacial score (nSPS) is 11.8. The lowest BCUT2D eigenvalue weighted by molar-refractivity contribution is -0.127. The van der Waals surface area contributed by atoms with Gasteiger partial charge in [-0.3, -0.25) is 19.0 Å². The molecule has 10 nitrogen and oxygen atoms in total. The summed E-state index contributed by atoms with van der Waals surface area (Å²) >= 11 is 0. The van der Waals surface area contributed by atoms with Crippen LogP contribution in [0.15, 0.2) is 47.5 Å². The van der Waals surface area contributed by atoms with Gasteiger partial charge in [0.05, 0.1) is 31.4 Å². The van der Waals surface area contributed by atoms with Crippen LogP contribution in [0.25, 0.3) is 10.9 Å². The van der Waals surface area contributed by atoms with Gasteiger partial charge in [0.25, 0.3) is 5.56 Å². The molecular weight excluding hydrogens is 428 g/mol. The van der Waals surface area contributed by atoms with E-state index in [0.717, 1.165) is 4.57 Å². The van der Waals surface area contributed by atoms with Crippen LogP contribution in [0.4, 0.5) is 5.69 Å². The predicted molar refractivity (Wildman–Crippen MR) is 123 cm³/mol. The summed E-state index contributed by atoms with van der Waals surface area (Å²) in [6, 6.07) is 8.35. The van der Waals surface area contributed by atoms with Gasteiger partial charge in [-0.1, -0.05) is 19.9 Å². The van der Waals surface area contributed by atoms with E-state index in [2.05, 4.69) is 15.6 Å². The maximum absolute atomic E-state index is 12.9. The number of phenols is 1. The lowest BCUT2D eigenvalue weighted by Crippen LogP contribution is -2.48. The lowest BCUT2D eigenvalue weighted by atomic mass is 10.0. The smallest absolute Gasteiger partial charge is 0.261 e. The number of hydrogen-bond donors (Lipinski definition) is 3. The van der Waals surface area contributed by atoms with Gasteiger partial charge < -0.3 is 25.2 Å². The number of ether oxygens (including phenoxy) is 2. The maximum Gasteiger partial charge on any atom is 0.261 e. The number of benzene rings is 2. The Balaban J connectivity index is 1.78. The van der Waals surface area contributed by atoms with Gasteiger partial charge in [-0.05, 0) is 24.1 Å². The van der Waals surface area contributed by atoms with Crippen molar-refractivity contribution in [3.63, 3.8) is 0 Å². The molecule has 33 heavy (non-hydrogen) atoms. The van der Waals surface area contributed by atoms with Crippen molar-refractivity contribution >= 4 is 28.4 Å². The minimum absolute atomic E-state index is 0.00959. The highest BCUT2D eigenvalue weighted by atomic mass is 16.5. The molecule has 0 aliphatic rings. The molecule has 0 bridgehead atoms. The van der Waals surface area contributed by atoms with Crippen molar-refractivity contribution < 1.29 is 24.2 Å². The third-order valence-electron chi connectivity index (χ3n) is 5.02. The number of fused-ring (bicyclic) bond motifs is 1. The number of methoxy groups -OCH3 is 2. The maximum atomic E-state index is 12.9. The van der Waals surface area contributed by atoms with Crippen LogP contribution >= 0.6 is 0 Å². The highest BCUT2D eigenvalue weighted by Crippen LogP contribution is 2.29. The van der Waals surface area contributed by atoms with E-state index in [-0.39, 0.29) is 23.6 Å². The van der Waals surface area contributed by atoms with Crippen LogP contribution in [0.2, 0.25) is 0 Å². The third-order valence-corrected chi connectivity index (χ3v) is 5.02. The molecule has 0 fully saturated rings. The molecule has 0 aliphatic heterocycles. The summed E-state index contributed by atoms with van der Waals surface area (Å²) in [6.45, 7) is 3.26. The summed E-state index contributed by atoms with van der Waals surface area (Å²) in [4.78, 5) is 42.5. The Kier molecular flexibility index (Phi) is 7.17. The van der Waals surface area contributed by atoms with E-state index >= 15 is 0 Å². The van der Waals surface area contributed by atoms with Crippen molar-refractivity contribution in [1.82, 2.24) is 14.9 Å². The number of carbonyl (C=O) groups is 2. The van der Waals surface area contributed by atoms with E-state index in [1.54, 1.807) is 32.0 Å². The van der Waals surface area contributed by atoms with E-state index in [9.17, 15) is 19.5 Å². The first kappa shape index (κ1) is 23.6. The van der Waals surface area contributed by atoms with Crippen LogP contribution < -0.4 is 25.7 Å². The van der Waals surface area contributed by atoms with Gasteiger partial charge >= 0.3 is 0 Å². The second kappa shape index (κ2) is 10.0. The summed E-state index contributed by atoms with van der Waals surface area (Å²) < 4.78 is 11.6. The summed E-state index contributed by atoms with van der Waals surface area (Å²) in [6.07, 6.45) is 1.27. The molecule has 1 aromatic heterocycles. The summed E-state index contributed by atoms with van der Waals surface area (Å²) in [5, 5.41) is 15.2. The zero-order valence-corrected chi connectivity index (χ0v) is 18.8. The van der Waals surface area contributed by atoms with Gasteiger partial charge in [-0.25, -0.2) is 4.98 Å². The van der Waals surface area contributed by atoms with Gasteiger partial charge in [0.15, 0.2) is 11.5 Å². The first-order chi connectivity index (χ1) is 15.7. The number of anilines is 1. The molecule has 3 N–H and O–H groups in total. The average Bonchev–Trinajstić information content (AvgIpc) is 2.78. The van der Waals surface area contributed by atoms with Crippen molar-refractivity contribution in [2.75, 3.05) is 19.5 Å². The standard InChI is InChI=1S/C23H26N4O6/c1-13(2)21(22(30)25-14-6-5-7-15(28)8-14)26-20(29)11-27-12-24-17-10-19(33-4)18(32-3)9-16(17)23(27)31/h5-10,12-13,21,28H,11H2,1-4H3,(H,25,30)(H,26,29)/t21-/m0/s1. The zero-order chi connectivity index (χ0) is 24.1. The van der Waals surface area contributed by atoms with Gasteiger partial charge in [0.2, 0.25) is 11.8 Å². The first-order valence-corrected chi connectivity index (χ1v) is 10.2. The molecule has 3 rings (SSSR count).